The second-order valence-electron chi connectivity index (χ2n) is 6.97. The Balaban J connectivity index is 1.46. The van der Waals surface area contributed by atoms with Gasteiger partial charge in [0, 0.05) is 23.6 Å². The Morgan fingerprint density at radius 2 is 1.88 bits per heavy atom. The minimum Gasteiger partial charge on any atom is -0.493 e. The molecular weight excluding hydrogens is 426 g/mol. The first-order chi connectivity index (χ1) is 16.1. The fraction of sp³-hybridized carbons (Fsp3) is 0.174. The molecular formula is C23H21N5O5. The van der Waals surface area contributed by atoms with Crippen molar-refractivity contribution in [3.05, 3.63) is 77.9 Å². The Hall–Kier alpha value is -4.47. The molecule has 2 heterocycles. The van der Waals surface area contributed by atoms with E-state index in [1.165, 1.54) is 23.6 Å². The molecule has 0 bridgehead atoms. The third-order valence-corrected chi connectivity index (χ3v) is 4.84. The van der Waals surface area contributed by atoms with Crippen molar-refractivity contribution in [2.24, 2.45) is 5.10 Å². The largest absolute Gasteiger partial charge is 0.493 e. The number of rotatable bonds is 7. The second kappa shape index (κ2) is 9.77. The zero-order valence-electron chi connectivity index (χ0n) is 18.0. The predicted octanol–water partition coefficient (Wildman–Crippen LogP) is 3.10. The van der Waals surface area contributed by atoms with Gasteiger partial charge >= 0.3 is 6.09 Å². The van der Waals surface area contributed by atoms with Crippen molar-refractivity contribution < 1.29 is 23.8 Å². The topological polar surface area (TPSA) is 115 Å². The molecule has 0 spiro atoms. The third-order valence-electron chi connectivity index (χ3n) is 4.84. The summed E-state index contributed by atoms with van der Waals surface area (Å²) in [5, 5.41) is 8.47. The minimum absolute atomic E-state index is 0.0537. The molecule has 1 aliphatic rings. The number of amides is 2. The summed E-state index contributed by atoms with van der Waals surface area (Å²) in [6.07, 6.45) is 3.79. The number of carbonyl (C=O) groups excluding carboxylic acids is 2. The molecule has 33 heavy (non-hydrogen) atoms. The minimum atomic E-state index is -0.542. The molecule has 2 amide bonds. The Bertz CT molecular complexity index is 1180. The predicted molar refractivity (Wildman–Crippen MR) is 119 cm³/mol. The zero-order valence-corrected chi connectivity index (χ0v) is 18.0. The lowest BCUT2D eigenvalue weighted by Crippen LogP contribution is -2.35. The van der Waals surface area contributed by atoms with Gasteiger partial charge in [-0.3, -0.25) is 9.78 Å². The van der Waals surface area contributed by atoms with Crippen LogP contribution in [-0.4, -0.2) is 53.5 Å². The first-order valence-electron chi connectivity index (χ1n) is 9.98. The summed E-state index contributed by atoms with van der Waals surface area (Å²) in [6.45, 7) is 0.256. The van der Waals surface area contributed by atoms with E-state index in [0.29, 0.717) is 22.9 Å². The van der Waals surface area contributed by atoms with Crippen molar-refractivity contribution in [3.63, 3.8) is 0 Å². The SMILES string of the molecule is COc1ccc(C2=NN(Cc3ccc(NC(=O)c4cnccn4)cc3)C(=O)OC2)cc1OC. The number of anilines is 1. The van der Waals surface area contributed by atoms with Crippen LogP contribution < -0.4 is 14.8 Å². The monoisotopic (exact) mass is 447 g/mol. The lowest BCUT2D eigenvalue weighted by molar-refractivity contribution is 0.102. The van der Waals surface area contributed by atoms with Gasteiger partial charge in [-0.1, -0.05) is 12.1 Å². The molecule has 0 atom stereocenters. The van der Waals surface area contributed by atoms with Crippen LogP contribution in [0.1, 0.15) is 21.6 Å². The van der Waals surface area contributed by atoms with E-state index in [1.54, 1.807) is 50.6 Å². The van der Waals surface area contributed by atoms with Crippen LogP contribution in [0.25, 0.3) is 0 Å². The number of hydrazone groups is 1. The smallest absolute Gasteiger partial charge is 0.431 e. The maximum Gasteiger partial charge on any atom is 0.431 e. The van der Waals surface area contributed by atoms with Crippen LogP contribution in [0, 0.1) is 0 Å². The molecule has 1 aliphatic heterocycles. The molecule has 0 fully saturated rings. The van der Waals surface area contributed by atoms with Gasteiger partial charge in [0.1, 0.15) is 18.0 Å². The highest BCUT2D eigenvalue weighted by Crippen LogP contribution is 2.28. The summed E-state index contributed by atoms with van der Waals surface area (Å²) in [7, 11) is 3.11. The van der Waals surface area contributed by atoms with E-state index in [4.69, 9.17) is 14.2 Å². The van der Waals surface area contributed by atoms with Crippen LogP contribution in [0.5, 0.6) is 11.5 Å². The van der Waals surface area contributed by atoms with E-state index in [2.05, 4.69) is 20.4 Å². The molecule has 0 aliphatic carbocycles. The lowest BCUT2D eigenvalue weighted by atomic mass is 10.1. The Morgan fingerprint density at radius 1 is 1.09 bits per heavy atom. The van der Waals surface area contributed by atoms with Crippen LogP contribution >= 0.6 is 0 Å². The van der Waals surface area contributed by atoms with Crippen molar-refractivity contribution in [2.45, 2.75) is 6.54 Å². The van der Waals surface area contributed by atoms with Crippen LogP contribution in [0.4, 0.5) is 10.5 Å². The normalized spacial score (nSPS) is 13.1. The number of benzene rings is 2. The second-order valence-corrected chi connectivity index (χ2v) is 6.97. The maximum atomic E-state index is 12.3. The summed E-state index contributed by atoms with van der Waals surface area (Å²) in [6, 6.07) is 12.4. The summed E-state index contributed by atoms with van der Waals surface area (Å²) in [5.74, 6) is 0.790. The van der Waals surface area contributed by atoms with Gasteiger partial charge in [-0.25, -0.2) is 9.78 Å². The standard InChI is InChI=1S/C23H21N5O5/c1-31-20-8-5-16(11-21(20)32-2)19-14-33-23(30)28(27-19)13-15-3-6-17(7-4-15)26-22(29)18-12-24-9-10-25-18/h3-12H,13-14H2,1-2H3,(H,26,29). The molecule has 10 nitrogen and oxygen atoms in total. The highest BCUT2D eigenvalue weighted by Gasteiger charge is 2.23. The number of cyclic esters (lactones) is 1. The van der Waals surface area contributed by atoms with E-state index in [1.807, 2.05) is 6.07 Å². The third kappa shape index (κ3) is 5.06. The van der Waals surface area contributed by atoms with E-state index in [-0.39, 0.29) is 24.8 Å². The number of aromatic nitrogens is 2. The molecule has 1 N–H and O–H groups in total. The Labute approximate surface area is 189 Å². The average molecular weight is 447 g/mol. The van der Waals surface area contributed by atoms with E-state index >= 15 is 0 Å². The number of carbonyl (C=O) groups is 2. The number of hydrogen-bond acceptors (Lipinski definition) is 8. The Morgan fingerprint density at radius 3 is 2.58 bits per heavy atom. The van der Waals surface area contributed by atoms with Gasteiger partial charge in [-0.05, 0) is 35.9 Å². The highest BCUT2D eigenvalue weighted by molar-refractivity contribution is 6.04. The van der Waals surface area contributed by atoms with Crippen molar-refractivity contribution in [3.8, 4) is 11.5 Å². The fourth-order valence-corrected chi connectivity index (χ4v) is 3.15. The number of ether oxygens (including phenoxy) is 3. The molecule has 2 aromatic carbocycles. The maximum absolute atomic E-state index is 12.3. The molecule has 0 saturated carbocycles. The zero-order chi connectivity index (χ0) is 23.2. The van der Waals surface area contributed by atoms with Crippen LogP contribution in [-0.2, 0) is 11.3 Å². The first-order valence-corrected chi connectivity index (χ1v) is 9.98. The molecule has 0 saturated heterocycles. The summed E-state index contributed by atoms with van der Waals surface area (Å²) < 4.78 is 15.9. The fourth-order valence-electron chi connectivity index (χ4n) is 3.15. The first kappa shape index (κ1) is 21.8. The van der Waals surface area contributed by atoms with E-state index in [0.717, 1.165) is 11.1 Å². The molecule has 168 valence electrons. The number of hydrogen-bond donors (Lipinski definition) is 1. The van der Waals surface area contributed by atoms with Gasteiger partial charge < -0.3 is 19.5 Å². The highest BCUT2D eigenvalue weighted by atomic mass is 16.6. The van der Waals surface area contributed by atoms with Gasteiger partial charge in [0.15, 0.2) is 11.5 Å². The molecule has 1 aromatic heterocycles. The van der Waals surface area contributed by atoms with E-state index < -0.39 is 6.09 Å². The molecule has 4 rings (SSSR count). The quantitative estimate of drug-likeness (QED) is 0.592. The lowest BCUT2D eigenvalue weighted by Gasteiger charge is -2.24. The van der Waals surface area contributed by atoms with Gasteiger partial charge in [-0.2, -0.15) is 10.1 Å². The van der Waals surface area contributed by atoms with Gasteiger partial charge in [-0.15, -0.1) is 0 Å². The van der Waals surface area contributed by atoms with Gasteiger partial charge in [0.2, 0.25) is 0 Å². The number of nitrogens with one attached hydrogen (secondary N) is 1. The summed E-state index contributed by atoms with van der Waals surface area (Å²) in [4.78, 5) is 32.3. The van der Waals surface area contributed by atoms with Crippen LogP contribution in [0.2, 0.25) is 0 Å². The Kier molecular flexibility index (Phi) is 6.44. The van der Waals surface area contributed by atoms with Crippen molar-refractivity contribution in [1.29, 1.82) is 0 Å². The van der Waals surface area contributed by atoms with Crippen molar-refractivity contribution in [1.82, 2.24) is 15.0 Å². The van der Waals surface area contributed by atoms with Crippen molar-refractivity contribution >= 4 is 23.4 Å². The number of nitrogens with zero attached hydrogens (tertiary/aromatic N) is 4. The average Bonchev–Trinajstić information content (AvgIpc) is 2.86. The van der Waals surface area contributed by atoms with Crippen LogP contribution in [0.15, 0.2) is 66.2 Å². The van der Waals surface area contributed by atoms with E-state index in [9.17, 15) is 9.59 Å². The molecule has 0 unspecified atom stereocenters. The molecule has 0 radical (unpaired) electrons. The summed E-state index contributed by atoms with van der Waals surface area (Å²) >= 11 is 0. The molecule has 3 aromatic rings. The van der Waals surface area contributed by atoms with Gasteiger partial charge in [0.05, 0.1) is 27.0 Å². The summed E-state index contributed by atoms with van der Waals surface area (Å²) in [5.41, 5.74) is 2.96. The van der Waals surface area contributed by atoms with Gasteiger partial charge in [0.25, 0.3) is 5.91 Å². The molecule has 10 heteroatoms. The van der Waals surface area contributed by atoms with Crippen molar-refractivity contribution in [2.75, 3.05) is 26.1 Å². The number of methoxy groups -OCH3 is 2. The van der Waals surface area contributed by atoms with Crippen LogP contribution in [0.3, 0.4) is 0 Å².